The van der Waals surface area contributed by atoms with Gasteiger partial charge >= 0.3 is 0 Å². The number of halogens is 1. The summed E-state index contributed by atoms with van der Waals surface area (Å²) in [5, 5.41) is 3.45. The van der Waals surface area contributed by atoms with Gasteiger partial charge in [0.15, 0.2) is 0 Å². The number of nitrogens with zero attached hydrogens (tertiary/aromatic N) is 2. The van der Waals surface area contributed by atoms with Crippen LogP contribution in [0.25, 0.3) is 0 Å². The molecule has 0 heterocycles. The number of anilines is 1. The molecule has 0 aromatic heterocycles. The molecule has 9 heteroatoms. The Labute approximate surface area is 243 Å². The number of amides is 2. The Bertz CT molecular complexity index is 1410. The molecule has 3 rings (SSSR count). The molecule has 0 spiro atoms. The fraction of sp³-hybridized carbons (Fsp3) is 0.355. The van der Waals surface area contributed by atoms with E-state index in [2.05, 4.69) is 5.32 Å². The normalized spacial score (nSPS) is 12.2. The van der Waals surface area contributed by atoms with E-state index in [4.69, 9.17) is 11.6 Å². The maximum atomic E-state index is 14.1. The zero-order valence-corrected chi connectivity index (χ0v) is 25.3. The van der Waals surface area contributed by atoms with E-state index in [1.54, 1.807) is 25.1 Å². The quantitative estimate of drug-likeness (QED) is 0.320. The number of carbonyl (C=O) groups excluding carboxylic acids is 2. The molecule has 3 aromatic rings. The predicted octanol–water partition coefficient (Wildman–Crippen LogP) is 5.14. The summed E-state index contributed by atoms with van der Waals surface area (Å²) in [6, 6.07) is 21.2. The lowest BCUT2D eigenvalue weighted by atomic mass is 10.0. The van der Waals surface area contributed by atoms with Crippen molar-refractivity contribution in [3.8, 4) is 0 Å². The third kappa shape index (κ3) is 8.83. The van der Waals surface area contributed by atoms with Crippen molar-refractivity contribution in [1.82, 2.24) is 10.2 Å². The van der Waals surface area contributed by atoms with Crippen LogP contribution in [-0.4, -0.2) is 50.5 Å². The number of carbonyl (C=O) groups is 2. The van der Waals surface area contributed by atoms with Crippen LogP contribution in [0.3, 0.4) is 0 Å². The summed E-state index contributed by atoms with van der Waals surface area (Å²) in [6.07, 6.45) is 1.34. The molecule has 1 N–H and O–H groups in total. The lowest BCUT2D eigenvalue weighted by Gasteiger charge is -2.34. The molecule has 0 fully saturated rings. The second-order valence-electron chi connectivity index (χ2n) is 10.6. The van der Waals surface area contributed by atoms with Crippen molar-refractivity contribution in [3.63, 3.8) is 0 Å². The molecular formula is C31H38ClN3O4S. The summed E-state index contributed by atoms with van der Waals surface area (Å²) in [7, 11) is -3.84. The Hall–Kier alpha value is -3.36. The Morgan fingerprint density at radius 2 is 1.57 bits per heavy atom. The minimum Gasteiger partial charge on any atom is -0.354 e. The van der Waals surface area contributed by atoms with Gasteiger partial charge in [-0.1, -0.05) is 85.6 Å². The third-order valence-corrected chi connectivity index (χ3v) is 7.90. The van der Waals surface area contributed by atoms with E-state index >= 15 is 0 Å². The van der Waals surface area contributed by atoms with E-state index in [-0.39, 0.29) is 24.8 Å². The van der Waals surface area contributed by atoms with E-state index in [0.29, 0.717) is 22.8 Å². The van der Waals surface area contributed by atoms with E-state index < -0.39 is 28.5 Å². The lowest BCUT2D eigenvalue weighted by Crippen LogP contribution is -2.53. The molecule has 3 aromatic carbocycles. The average molecular weight is 584 g/mol. The number of nitrogens with one attached hydrogen (secondary N) is 1. The summed E-state index contributed by atoms with van der Waals surface area (Å²) >= 11 is 6.11. The maximum Gasteiger partial charge on any atom is 0.244 e. The highest BCUT2D eigenvalue weighted by Crippen LogP contribution is 2.26. The van der Waals surface area contributed by atoms with Crippen molar-refractivity contribution in [2.24, 2.45) is 5.92 Å². The minimum absolute atomic E-state index is 0.142. The second-order valence-corrected chi connectivity index (χ2v) is 12.9. The number of aryl methyl sites for hydroxylation is 2. The molecule has 0 bridgehead atoms. The molecule has 1 unspecified atom stereocenters. The SMILES string of the molecule is Cc1ccc(CN(C(=O)CN(c2ccc(Cl)cc2C)S(C)(=O)=O)C(Cc2ccccc2)C(=O)NCC(C)C)cc1. The Balaban J connectivity index is 2.06. The second kappa shape index (κ2) is 13.8. The number of sulfonamides is 1. The van der Waals surface area contributed by atoms with Crippen molar-refractivity contribution in [1.29, 1.82) is 0 Å². The summed E-state index contributed by atoms with van der Waals surface area (Å²) in [5.74, 6) is -0.552. The summed E-state index contributed by atoms with van der Waals surface area (Å²) < 4.78 is 27.0. The topological polar surface area (TPSA) is 86.8 Å². The molecule has 0 aliphatic rings. The molecular weight excluding hydrogens is 546 g/mol. The smallest absolute Gasteiger partial charge is 0.244 e. The van der Waals surface area contributed by atoms with E-state index in [1.807, 2.05) is 75.4 Å². The zero-order chi connectivity index (χ0) is 29.4. The molecule has 214 valence electrons. The van der Waals surface area contributed by atoms with Gasteiger partial charge in [-0.05, 0) is 54.7 Å². The van der Waals surface area contributed by atoms with Gasteiger partial charge in [0.2, 0.25) is 21.8 Å². The molecule has 0 saturated carbocycles. The van der Waals surface area contributed by atoms with Crippen LogP contribution in [-0.2, 0) is 32.6 Å². The van der Waals surface area contributed by atoms with Gasteiger partial charge in [0.1, 0.15) is 12.6 Å². The number of rotatable bonds is 12. The first-order valence-electron chi connectivity index (χ1n) is 13.3. The highest BCUT2D eigenvalue weighted by atomic mass is 35.5. The maximum absolute atomic E-state index is 14.1. The molecule has 2 amide bonds. The third-order valence-electron chi connectivity index (χ3n) is 6.54. The average Bonchev–Trinajstić information content (AvgIpc) is 2.89. The van der Waals surface area contributed by atoms with Gasteiger partial charge in [-0.2, -0.15) is 0 Å². The van der Waals surface area contributed by atoms with Crippen LogP contribution >= 0.6 is 11.6 Å². The van der Waals surface area contributed by atoms with Gasteiger partial charge in [-0.3, -0.25) is 13.9 Å². The number of hydrogen-bond acceptors (Lipinski definition) is 4. The van der Waals surface area contributed by atoms with Gasteiger partial charge in [-0.15, -0.1) is 0 Å². The van der Waals surface area contributed by atoms with Crippen molar-refractivity contribution in [2.75, 3.05) is 23.7 Å². The summed E-state index contributed by atoms with van der Waals surface area (Å²) in [4.78, 5) is 29.2. The predicted molar refractivity (Wildman–Crippen MR) is 162 cm³/mol. The fourth-order valence-electron chi connectivity index (χ4n) is 4.36. The van der Waals surface area contributed by atoms with Gasteiger partial charge in [-0.25, -0.2) is 8.42 Å². The van der Waals surface area contributed by atoms with Crippen LogP contribution in [0, 0.1) is 19.8 Å². The Morgan fingerprint density at radius 3 is 2.15 bits per heavy atom. The van der Waals surface area contributed by atoms with E-state index in [9.17, 15) is 18.0 Å². The molecule has 1 atom stereocenters. The molecule has 0 radical (unpaired) electrons. The van der Waals surface area contributed by atoms with Crippen LogP contribution in [0.1, 0.15) is 36.1 Å². The highest BCUT2D eigenvalue weighted by molar-refractivity contribution is 7.92. The molecule has 40 heavy (non-hydrogen) atoms. The first-order chi connectivity index (χ1) is 18.8. The van der Waals surface area contributed by atoms with Crippen LogP contribution in [0.5, 0.6) is 0 Å². The first kappa shape index (κ1) is 31.2. The summed E-state index contributed by atoms with van der Waals surface area (Å²) in [5.41, 5.74) is 3.77. The highest BCUT2D eigenvalue weighted by Gasteiger charge is 2.33. The fourth-order valence-corrected chi connectivity index (χ4v) is 5.49. The number of hydrogen-bond donors (Lipinski definition) is 1. The largest absolute Gasteiger partial charge is 0.354 e. The van der Waals surface area contributed by atoms with Gasteiger partial charge in [0.05, 0.1) is 11.9 Å². The minimum atomic E-state index is -3.84. The van der Waals surface area contributed by atoms with Gasteiger partial charge in [0.25, 0.3) is 0 Å². The van der Waals surface area contributed by atoms with E-state index in [0.717, 1.165) is 27.3 Å². The lowest BCUT2D eigenvalue weighted by molar-refractivity contribution is -0.140. The molecule has 0 aliphatic heterocycles. The Morgan fingerprint density at radius 1 is 0.925 bits per heavy atom. The molecule has 0 aliphatic carbocycles. The monoisotopic (exact) mass is 583 g/mol. The van der Waals surface area contributed by atoms with Crippen LogP contribution in [0.15, 0.2) is 72.8 Å². The van der Waals surface area contributed by atoms with Crippen LogP contribution < -0.4 is 9.62 Å². The van der Waals surface area contributed by atoms with Crippen molar-refractivity contribution < 1.29 is 18.0 Å². The van der Waals surface area contributed by atoms with Crippen molar-refractivity contribution in [3.05, 3.63) is 100 Å². The van der Waals surface area contributed by atoms with Crippen molar-refractivity contribution in [2.45, 2.75) is 46.7 Å². The van der Waals surface area contributed by atoms with Gasteiger partial charge in [0, 0.05) is 24.5 Å². The number of benzene rings is 3. The standard InChI is InChI=1S/C31H38ClN3O4S/c1-22(2)19-33-31(37)29(18-25-9-7-6-8-10-25)34(20-26-13-11-23(3)12-14-26)30(36)21-35(40(5,38)39)28-16-15-27(32)17-24(28)4/h6-17,22,29H,18-21H2,1-5H3,(H,33,37). The van der Waals surface area contributed by atoms with Crippen LogP contribution in [0.4, 0.5) is 5.69 Å². The van der Waals surface area contributed by atoms with Crippen LogP contribution in [0.2, 0.25) is 5.02 Å². The summed E-state index contributed by atoms with van der Waals surface area (Å²) in [6.45, 7) is 7.85. The first-order valence-corrected chi connectivity index (χ1v) is 15.5. The zero-order valence-electron chi connectivity index (χ0n) is 23.7. The van der Waals surface area contributed by atoms with E-state index in [1.165, 1.54) is 4.90 Å². The van der Waals surface area contributed by atoms with Gasteiger partial charge < -0.3 is 10.2 Å². The van der Waals surface area contributed by atoms with Crippen molar-refractivity contribution >= 4 is 39.1 Å². The Kier molecular flexibility index (Phi) is 10.8. The molecule has 0 saturated heterocycles. The molecule has 7 nitrogen and oxygen atoms in total.